The molecule has 0 bridgehead atoms. The molecule has 182 valence electrons. The van der Waals surface area contributed by atoms with Crippen LogP contribution in [0.1, 0.15) is 52.5 Å². The molecule has 0 fully saturated rings. The second kappa shape index (κ2) is 10.2. The highest BCUT2D eigenvalue weighted by Gasteiger charge is 2.44. The first-order chi connectivity index (χ1) is 16.4. The molecule has 0 unspecified atom stereocenters. The zero-order valence-electron chi connectivity index (χ0n) is 20.3. The van der Waals surface area contributed by atoms with Crippen LogP contribution in [0, 0.1) is 0 Å². The quantitative estimate of drug-likeness (QED) is 0.354. The van der Waals surface area contributed by atoms with E-state index in [4.69, 9.17) is 15.4 Å². The van der Waals surface area contributed by atoms with E-state index in [1.54, 1.807) is 21.3 Å². The average molecular weight is 467 g/mol. The molecule has 5 N–H and O–H groups in total. The molecule has 0 saturated heterocycles. The molecule has 3 aromatic rings. The second-order valence-corrected chi connectivity index (χ2v) is 9.02. The van der Waals surface area contributed by atoms with Crippen LogP contribution in [-0.2, 0) is 48.1 Å². The standard InChI is InChI=1S/C25H34N6O3/c1-16(26)13-25(23-29-24(32)31(2)30-23)21-9-5-17(14-27-33-3)11-19(21)7-8-20-12-18(15-28-34-4)6-10-22(20)25/h5-6,9-12,16,27-28H,7-8,13-15,26H2,1-4H3,(H,29,30,32)/t16-/m1/s1. The Labute approximate surface area is 199 Å². The number of hydrogen-bond acceptors (Lipinski definition) is 7. The molecule has 0 aliphatic heterocycles. The molecule has 9 nitrogen and oxygen atoms in total. The van der Waals surface area contributed by atoms with Gasteiger partial charge in [0.1, 0.15) is 5.82 Å². The van der Waals surface area contributed by atoms with Crippen LogP contribution >= 0.6 is 0 Å². The van der Waals surface area contributed by atoms with Crippen LogP contribution in [0.25, 0.3) is 0 Å². The van der Waals surface area contributed by atoms with Gasteiger partial charge in [0, 0.05) is 26.2 Å². The second-order valence-electron chi connectivity index (χ2n) is 9.02. The maximum Gasteiger partial charge on any atom is 0.343 e. The Hall–Kier alpha value is -2.82. The third-order valence-corrected chi connectivity index (χ3v) is 6.57. The molecule has 1 aliphatic carbocycles. The van der Waals surface area contributed by atoms with Crippen molar-refractivity contribution in [2.75, 3.05) is 14.2 Å². The maximum atomic E-state index is 12.5. The zero-order valence-corrected chi connectivity index (χ0v) is 20.3. The molecule has 1 heterocycles. The molecule has 34 heavy (non-hydrogen) atoms. The number of hydrogen-bond donors (Lipinski definition) is 4. The van der Waals surface area contributed by atoms with Crippen molar-refractivity contribution in [1.29, 1.82) is 0 Å². The molecule has 0 radical (unpaired) electrons. The summed E-state index contributed by atoms with van der Waals surface area (Å²) in [4.78, 5) is 25.7. The minimum atomic E-state index is -0.684. The zero-order chi connectivity index (χ0) is 24.3. The van der Waals surface area contributed by atoms with Crippen molar-refractivity contribution in [2.45, 2.75) is 50.7 Å². The van der Waals surface area contributed by atoms with Crippen molar-refractivity contribution in [3.8, 4) is 0 Å². The number of rotatable bonds is 9. The number of hydroxylamine groups is 2. The first-order valence-electron chi connectivity index (χ1n) is 11.5. The summed E-state index contributed by atoms with van der Waals surface area (Å²) in [7, 11) is 4.89. The van der Waals surface area contributed by atoms with E-state index in [1.165, 1.54) is 15.8 Å². The number of nitrogens with zero attached hydrogens (tertiary/aromatic N) is 2. The van der Waals surface area contributed by atoms with Gasteiger partial charge in [0.05, 0.1) is 19.6 Å². The predicted molar refractivity (Wildman–Crippen MR) is 130 cm³/mol. The number of H-pyrrole nitrogens is 1. The summed E-state index contributed by atoms with van der Waals surface area (Å²) < 4.78 is 1.36. The van der Waals surface area contributed by atoms with E-state index >= 15 is 0 Å². The highest BCUT2D eigenvalue weighted by Crippen LogP contribution is 2.46. The van der Waals surface area contributed by atoms with Crippen LogP contribution in [0.3, 0.4) is 0 Å². The summed E-state index contributed by atoms with van der Waals surface area (Å²) in [6.07, 6.45) is 2.33. The van der Waals surface area contributed by atoms with Crippen molar-refractivity contribution in [3.05, 3.63) is 86.1 Å². The number of aromatic nitrogens is 3. The minimum absolute atomic E-state index is 0.131. The molecular weight excluding hydrogens is 432 g/mol. The molecule has 0 saturated carbocycles. The fraction of sp³-hybridized carbons (Fsp3) is 0.440. The van der Waals surface area contributed by atoms with Crippen molar-refractivity contribution in [2.24, 2.45) is 12.8 Å². The first kappa shape index (κ1) is 24.3. The summed E-state index contributed by atoms with van der Waals surface area (Å²) >= 11 is 0. The molecule has 2 aromatic carbocycles. The summed E-state index contributed by atoms with van der Waals surface area (Å²) in [5, 5.41) is 4.67. The Kier molecular flexibility index (Phi) is 7.30. The van der Waals surface area contributed by atoms with E-state index in [0.717, 1.165) is 35.1 Å². The molecule has 1 aliphatic rings. The van der Waals surface area contributed by atoms with E-state index in [9.17, 15) is 4.79 Å². The van der Waals surface area contributed by atoms with Crippen LogP contribution in [0.2, 0.25) is 0 Å². The van der Waals surface area contributed by atoms with Gasteiger partial charge in [-0.2, -0.15) is 16.1 Å². The lowest BCUT2D eigenvalue weighted by atomic mass is 9.68. The SMILES string of the molecule is CONCc1ccc2c(c1)CCc1cc(CNOC)ccc1C2(C[C@@H](C)N)c1nn(C)c(=O)[nH]1. The van der Waals surface area contributed by atoms with E-state index in [-0.39, 0.29) is 11.7 Å². The van der Waals surface area contributed by atoms with Crippen molar-refractivity contribution in [1.82, 2.24) is 25.7 Å². The van der Waals surface area contributed by atoms with Crippen LogP contribution < -0.4 is 22.4 Å². The molecule has 0 amide bonds. The van der Waals surface area contributed by atoms with Gasteiger partial charge < -0.3 is 15.4 Å². The van der Waals surface area contributed by atoms with E-state index < -0.39 is 5.41 Å². The van der Waals surface area contributed by atoms with Crippen molar-refractivity contribution < 1.29 is 9.68 Å². The molecule has 1 atom stereocenters. The topological polar surface area (TPSA) is 119 Å². The number of benzene rings is 2. The van der Waals surface area contributed by atoms with Gasteiger partial charge in [0.15, 0.2) is 0 Å². The number of aromatic amines is 1. The Morgan fingerprint density at radius 3 is 2.00 bits per heavy atom. The number of aryl methyl sites for hydroxylation is 3. The largest absolute Gasteiger partial charge is 0.343 e. The first-order valence-corrected chi connectivity index (χ1v) is 11.5. The maximum absolute atomic E-state index is 12.5. The average Bonchev–Trinajstić information content (AvgIpc) is 3.10. The predicted octanol–water partition coefficient (Wildman–Crippen LogP) is 1.58. The lowest BCUT2D eigenvalue weighted by molar-refractivity contribution is 0.0866. The number of nitrogens with two attached hydrogens (primary N) is 1. The monoisotopic (exact) mass is 466 g/mol. The van der Waals surface area contributed by atoms with Gasteiger partial charge in [-0.1, -0.05) is 36.4 Å². The fourth-order valence-corrected chi connectivity index (χ4v) is 5.14. The molecule has 0 spiro atoms. The third kappa shape index (κ3) is 4.57. The van der Waals surface area contributed by atoms with Gasteiger partial charge >= 0.3 is 5.69 Å². The van der Waals surface area contributed by atoms with E-state index in [1.807, 2.05) is 6.92 Å². The summed E-state index contributed by atoms with van der Waals surface area (Å²) in [6.45, 7) is 3.20. The third-order valence-electron chi connectivity index (χ3n) is 6.57. The van der Waals surface area contributed by atoms with Crippen molar-refractivity contribution in [3.63, 3.8) is 0 Å². The smallest absolute Gasteiger partial charge is 0.328 e. The minimum Gasteiger partial charge on any atom is -0.328 e. The van der Waals surface area contributed by atoms with Gasteiger partial charge in [0.2, 0.25) is 0 Å². The lowest BCUT2D eigenvalue weighted by Crippen LogP contribution is -2.38. The van der Waals surface area contributed by atoms with Gasteiger partial charge in [-0.15, -0.1) is 0 Å². The van der Waals surface area contributed by atoms with Gasteiger partial charge in [0.25, 0.3) is 0 Å². The Morgan fingerprint density at radius 1 is 1.06 bits per heavy atom. The van der Waals surface area contributed by atoms with E-state index in [2.05, 4.69) is 57.4 Å². The highest BCUT2D eigenvalue weighted by molar-refractivity contribution is 5.56. The Bertz CT molecular complexity index is 1140. The number of nitrogens with one attached hydrogen (secondary N) is 3. The van der Waals surface area contributed by atoms with Gasteiger partial charge in [-0.25, -0.2) is 9.48 Å². The van der Waals surface area contributed by atoms with Crippen LogP contribution in [0.4, 0.5) is 0 Å². The highest BCUT2D eigenvalue weighted by atomic mass is 16.6. The number of fused-ring (bicyclic) bond motifs is 2. The van der Waals surface area contributed by atoms with Gasteiger partial charge in [-0.3, -0.25) is 4.98 Å². The summed E-state index contributed by atoms with van der Waals surface area (Å²) in [6, 6.07) is 12.8. The lowest BCUT2D eigenvalue weighted by Gasteiger charge is -2.36. The van der Waals surface area contributed by atoms with E-state index in [0.29, 0.717) is 25.3 Å². The normalized spacial score (nSPS) is 15.4. The van der Waals surface area contributed by atoms with Crippen LogP contribution in [-0.4, -0.2) is 35.0 Å². The van der Waals surface area contributed by atoms with Crippen LogP contribution in [0.15, 0.2) is 41.2 Å². The van der Waals surface area contributed by atoms with Crippen LogP contribution in [0.5, 0.6) is 0 Å². The summed E-state index contributed by atoms with van der Waals surface area (Å²) in [5.41, 5.74) is 18.3. The summed E-state index contributed by atoms with van der Waals surface area (Å²) in [5.74, 6) is 0.618. The fourth-order valence-electron chi connectivity index (χ4n) is 5.14. The Morgan fingerprint density at radius 2 is 1.59 bits per heavy atom. The molecule has 4 rings (SSSR count). The Balaban J connectivity index is 1.98. The molecule has 9 heteroatoms. The van der Waals surface area contributed by atoms with Gasteiger partial charge in [-0.05, 0) is 59.6 Å². The van der Waals surface area contributed by atoms with Crippen molar-refractivity contribution >= 4 is 0 Å². The molecule has 1 aromatic heterocycles. The molecular formula is C25H34N6O3.